The minimum atomic E-state index is -0.305. The smallest absolute Gasteiger partial charge is 0.248 e. The van der Waals surface area contributed by atoms with Crippen molar-refractivity contribution >= 4 is 33.9 Å². The van der Waals surface area contributed by atoms with Gasteiger partial charge in [-0.25, -0.2) is 0 Å². The number of pyridine rings is 1. The van der Waals surface area contributed by atoms with Crippen LogP contribution in [0.3, 0.4) is 0 Å². The Morgan fingerprint density at radius 1 is 1.21 bits per heavy atom. The molecule has 0 aliphatic carbocycles. The van der Waals surface area contributed by atoms with Gasteiger partial charge in [0, 0.05) is 54.5 Å². The van der Waals surface area contributed by atoms with Gasteiger partial charge in [-0.1, -0.05) is 42.3 Å². The van der Waals surface area contributed by atoms with Crippen LogP contribution in [0.2, 0.25) is 0 Å². The normalized spacial score (nSPS) is 14.4. The standard InChI is InChI=1S/C34H31N5O3/c1-3-24-9-6-11-27(16-24)38-34-26(19-35)21-37-30-18-32(42-28-13-15-41-22-28)31(17-29(30)34)39-33(40)12-7-14-36-20-25-10-5-4-8-23(25)2/h1,4-12,16-18,21,28,36H,13-15,20,22H2,2H3,(H,37,38)(H,39,40)/b12-7+/t28-/m0/s1. The fourth-order valence-corrected chi connectivity index (χ4v) is 4.69. The maximum absolute atomic E-state index is 13.0. The van der Waals surface area contributed by atoms with E-state index >= 15 is 0 Å². The number of aryl methyl sites for hydroxylation is 1. The van der Waals surface area contributed by atoms with Crippen molar-refractivity contribution in [2.75, 3.05) is 30.4 Å². The van der Waals surface area contributed by atoms with E-state index in [1.807, 2.05) is 36.4 Å². The third kappa shape index (κ3) is 6.94. The van der Waals surface area contributed by atoms with Gasteiger partial charge in [0.15, 0.2) is 0 Å². The fourth-order valence-electron chi connectivity index (χ4n) is 4.69. The first kappa shape index (κ1) is 28.4. The van der Waals surface area contributed by atoms with Gasteiger partial charge < -0.3 is 25.4 Å². The molecule has 0 saturated carbocycles. The molecule has 4 aromatic rings. The molecule has 8 heteroatoms. The minimum Gasteiger partial charge on any atom is -0.486 e. The number of terminal acetylenes is 1. The largest absolute Gasteiger partial charge is 0.486 e. The summed E-state index contributed by atoms with van der Waals surface area (Å²) in [7, 11) is 0. The van der Waals surface area contributed by atoms with Crippen LogP contribution in [0.25, 0.3) is 10.9 Å². The lowest BCUT2D eigenvalue weighted by molar-refractivity contribution is -0.111. The molecule has 8 nitrogen and oxygen atoms in total. The molecule has 1 atom stereocenters. The Kier molecular flexibility index (Phi) is 9.10. The van der Waals surface area contributed by atoms with Gasteiger partial charge in [-0.05, 0) is 42.3 Å². The molecular formula is C34H31N5O3. The molecule has 5 rings (SSSR count). The number of ether oxygens (including phenoxy) is 2. The second-order valence-electron chi connectivity index (χ2n) is 9.93. The Morgan fingerprint density at radius 3 is 2.88 bits per heavy atom. The summed E-state index contributed by atoms with van der Waals surface area (Å²) >= 11 is 0. The number of hydrogen-bond acceptors (Lipinski definition) is 7. The summed E-state index contributed by atoms with van der Waals surface area (Å²) in [4.78, 5) is 17.5. The maximum atomic E-state index is 13.0. The fraction of sp³-hybridized carbons (Fsp3) is 0.206. The number of benzene rings is 3. The molecule has 42 heavy (non-hydrogen) atoms. The first-order valence-electron chi connectivity index (χ1n) is 13.7. The van der Waals surface area contributed by atoms with Crippen LogP contribution in [0.5, 0.6) is 5.75 Å². The van der Waals surface area contributed by atoms with E-state index in [4.69, 9.17) is 15.9 Å². The van der Waals surface area contributed by atoms with Crippen LogP contribution in [0.4, 0.5) is 17.1 Å². The highest BCUT2D eigenvalue weighted by molar-refractivity contribution is 6.04. The van der Waals surface area contributed by atoms with Gasteiger partial charge in [0.05, 0.1) is 35.7 Å². The van der Waals surface area contributed by atoms with Crippen LogP contribution in [0.1, 0.15) is 28.7 Å². The number of anilines is 3. The van der Waals surface area contributed by atoms with Crippen molar-refractivity contribution in [3.63, 3.8) is 0 Å². The monoisotopic (exact) mass is 557 g/mol. The first-order valence-corrected chi connectivity index (χ1v) is 13.7. The molecule has 1 amide bonds. The second kappa shape index (κ2) is 13.5. The van der Waals surface area contributed by atoms with Crippen molar-refractivity contribution in [2.45, 2.75) is 26.0 Å². The van der Waals surface area contributed by atoms with Crippen molar-refractivity contribution in [3.8, 4) is 24.2 Å². The third-order valence-electron chi connectivity index (χ3n) is 6.94. The first-order chi connectivity index (χ1) is 20.5. The third-order valence-corrected chi connectivity index (χ3v) is 6.94. The Labute approximate surface area is 245 Å². The number of nitrogens with zero attached hydrogens (tertiary/aromatic N) is 2. The van der Waals surface area contributed by atoms with Crippen molar-refractivity contribution in [1.82, 2.24) is 10.3 Å². The molecule has 1 fully saturated rings. The quantitative estimate of drug-likeness (QED) is 0.132. The van der Waals surface area contributed by atoms with E-state index in [9.17, 15) is 10.1 Å². The van der Waals surface area contributed by atoms with Crippen molar-refractivity contribution in [3.05, 3.63) is 101 Å². The van der Waals surface area contributed by atoms with E-state index in [2.05, 4.69) is 52.0 Å². The molecule has 1 aliphatic rings. The Morgan fingerprint density at radius 2 is 2.10 bits per heavy atom. The predicted molar refractivity (Wildman–Crippen MR) is 165 cm³/mol. The number of carbonyl (C=O) groups excluding carboxylic acids is 1. The highest BCUT2D eigenvalue weighted by atomic mass is 16.5. The number of aromatic nitrogens is 1. The van der Waals surface area contributed by atoms with Crippen LogP contribution in [-0.2, 0) is 16.1 Å². The Balaban J connectivity index is 1.40. The van der Waals surface area contributed by atoms with Gasteiger partial charge in [-0.2, -0.15) is 5.26 Å². The van der Waals surface area contributed by atoms with Crippen LogP contribution in [0, 0.1) is 30.6 Å². The highest BCUT2D eigenvalue weighted by Crippen LogP contribution is 2.37. The number of hydrogen-bond donors (Lipinski definition) is 3. The predicted octanol–water partition coefficient (Wildman–Crippen LogP) is 5.59. The van der Waals surface area contributed by atoms with E-state index in [1.165, 1.54) is 23.4 Å². The van der Waals surface area contributed by atoms with Gasteiger partial charge >= 0.3 is 0 Å². The van der Waals surface area contributed by atoms with Crippen LogP contribution >= 0.6 is 0 Å². The summed E-state index contributed by atoms with van der Waals surface area (Å²) in [6.07, 6.45) is 11.0. The lowest BCUT2D eigenvalue weighted by atomic mass is 10.1. The summed E-state index contributed by atoms with van der Waals surface area (Å²) in [6, 6.07) is 21.3. The van der Waals surface area contributed by atoms with Crippen molar-refractivity contribution in [1.29, 1.82) is 5.26 Å². The molecule has 1 saturated heterocycles. The average Bonchev–Trinajstić information content (AvgIpc) is 3.52. The Hall–Kier alpha value is -5.15. The Bertz CT molecular complexity index is 1710. The molecule has 2 heterocycles. The summed E-state index contributed by atoms with van der Waals surface area (Å²) < 4.78 is 11.7. The molecule has 3 N–H and O–H groups in total. The number of rotatable bonds is 10. The van der Waals surface area contributed by atoms with Gasteiger partial charge in [0.25, 0.3) is 0 Å². The molecule has 0 spiro atoms. The van der Waals surface area contributed by atoms with Gasteiger partial charge in [-0.3, -0.25) is 9.78 Å². The topological polar surface area (TPSA) is 108 Å². The highest BCUT2D eigenvalue weighted by Gasteiger charge is 2.21. The molecule has 210 valence electrons. The molecule has 0 radical (unpaired) electrons. The lowest BCUT2D eigenvalue weighted by Gasteiger charge is -2.18. The van der Waals surface area contributed by atoms with E-state index in [0.717, 1.165) is 12.1 Å². The zero-order valence-electron chi connectivity index (χ0n) is 23.3. The van der Waals surface area contributed by atoms with Gasteiger partial charge in [-0.15, -0.1) is 6.42 Å². The average molecular weight is 558 g/mol. The van der Waals surface area contributed by atoms with Crippen LogP contribution in [-0.4, -0.2) is 36.8 Å². The SMILES string of the molecule is C#Cc1cccc(Nc2c(C#N)cnc3cc(O[C@H]4CCOC4)c(NC(=O)/C=C/CNCc4ccccc4C)cc23)c1. The van der Waals surface area contributed by atoms with Gasteiger partial charge in [0.1, 0.15) is 17.9 Å². The lowest BCUT2D eigenvalue weighted by Crippen LogP contribution is -2.18. The maximum Gasteiger partial charge on any atom is 0.248 e. The van der Waals surface area contributed by atoms with Gasteiger partial charge in [0.2, 0.25) is 5.91 Å². The summed E-state index contributed by atoms with van der Waals surface area (Å²) in [5.41, 5.74) is 5.84. The van der Waals surface area contributed by atoms with Crippen molar-refractivity contribution < 1.29 is 14.3 Å². The molecule has 0 unspecified atom stereocenters. The number of fused-ring (bicyclic) bond motifs is 1. The molecule has 3 aromatic carbocycles. The minimum absolute atomic E-state index is 0.137. The second-order valence-corrected chi connectivity index (χ2v) is 9.93. The number of nitrogens with one attached hydrogen (secondary N) is 3. The zero-order chi connectivity index (χ0) is 29.3. The molecular weight excluding hydrogens is 526 g/mol. The molecule has 1 aliphatic heterocycles. The zero-order valence-corrected chi connectivity index (χ0v) is 23.3. The summed E-state index contributed by atoms with van der Waals surface area (Å²) in [5.74, 6) is 2.80. The number of amides is 1. The molecule has 1 aromatic heterocycles. The van der Waals surface area contributed by atoms with Crippen LogP contribution < -0.4 is 20.7 Å². The van der Waals surface area contributed by atoms with E-state index < -0.39 is 0 Å². The molecule has 0 bridgehead atoms. The number of nitriles is 1. The summed E-state index contributed by atoms with van der Waals surface area (Å²) in [6.45, 7) is 4.40. The van der Waals surface area contributed by atoms with Crippen molar-refractivity contribution in [2.24, 2.45) is 0 Å². The van der Waals surface area contributed by atoms with E-state index in [0.29, 0.717) is 65.5 Å². The van der Waals surface area contributed by atoms with Crippen LogP contribution in [0.15, 0.2) is 79.0 Å². The van der Waals surface area contributed by atoms with E-state index in [-0.39, 0.29) is 12.0 Å². The number of carbonyl (C=O) groups is 1. The van der Waals surface area contributed by atoms with E-state index in [1.54, 1.807) is 18.2 Å². The summed E-state index contributed by atoms with van der Waals surface area (Å²) in [5, 5.41) is 20.1.